The van der Waals surface area contributed by atoms with Gasteiger partial charge in [0.2, 0.25) is 5.91 Å². The quantitative estimate of drug-likeness (QED) is 0.817. The molecule has 5 nitrogen and oxygen atoms in total. The summed E-state index contributed by atoms with van der Waals surface area (Å²) < 4.78 is 0. The van der Waals surface area contributed by atoms with Crippen LogP contribution in [0.15, 0.2) is 0 Å². The summed E-state index contributed by atoms with van der Waals surface area (Å²) in [6.07, 6.45) is 7.99. The van der Waals surface area contributed by atoms with E-state index in [1.54, 1.807) is 4.90 Å². The summed E-state index contributed by atoms with van der Waals surface area (Å²) >= 11 is 0. The van der Waals surface area contributed by atoms with E-state index in [-0.39, 0.29) is 12.3 Å². The molecule has 1 aliphatic carbocycles. The number of hydrogen-bond donors (Lipinski definition) is 2. The second-order valence-corrected chi connectivity index (χ2v) is 7.73. The molecule has 1 saturated carbocycles. The van der Waals surface area contributed by atoms with Gasteiger partial charge in [-0.25, -0.2) is 0 Å². The van der Waals surface area contributed by atoms with E-state index in [1.807, 2.05) is 0 Å². The lowest BCUT2D eigenvalue weighted by Crippen LogP contribution is -2.46. The second kappa shape index (κ2) is 6.46. The molecular weight excluding hydrogens is 280 g/mol. The van der Waals surface area contributed by atoms with Crippen LogP contribution in [0.5, 0.6) is 0 Å². The normalized spacial score (nSPS) is 32.5. The van der Waals surface area contributed by atoms with Crippen LogP contribution in [0.25, 0.3) is 0 Å². The molecule has 1 atom stereocenters. The SMILES string of the molecule is O=C(CC1(O)CCCCC1)N1CC[C@](O)(CN2CCCC2)C1. The minimum Gasteiger partial charge on any atom is -0.389 e. The van der Waals surface area contributed by atoms with Crippen molar-refractivity contribution in [3.8, 4) is 0 Å². The molecule has 3 rings (SSSR count). The molecule has 2 heterocycles. The van der Waals surface area contributed by atoms with Crippen LogP contribution in [0.2, 0.25) is 0 Å². The van der Waals surface area contributed by atoms with Crippen LogP contribution in [0, 0.1) is 0 Å². The third-order valence-electron chi connectivity index (χ3n) is 5.67. The standard InChI is InChI=1S/C17H30N2O3/c20-15(12-16(21)6-2-1-3-7-16)19-11-8-17(22,14-19)13-18-9-4-5-10-18/h21-22H,1-14H2/t17-/m0/s1. The number of nitrogens with zero attached hydrogens (tertiary/aromatic N) is 2. The van der Waals surface area contributed by atoms with Crippen molar-refractivity contribution in [1.29, 1.82) is 0 Å². The molecule has 2 aliphatic heterocycles. The number of aliphatic hydroxyl groups is 2. The summed E-state index contributed by atoms with van der Waals surface area (Å²) in [7, 11) is 0. The van der Waals surface area contributed by atoms with Crippen molar-refractivity contribution >= 4 is 5.91 Å². The molecule has 22 heavy (non-hydrogen) atoms. The second-order valence-electron chi connectivity index (χ2n) is 7.73. The van der Waals surface area contributed by atoms with Crippen molar-refractivity contribution in [2.45, 2.75) is 69.0 Å². The van der Waals surface area contributed by atoms with Gasteiger partial charge >= 0.3 is 0 Å². The third kappa shape index (κ3) is 3.81. The summed E-state index contributed by atoms with van der Waals surface area (Å²) in [5, 5.41) is 21.3. The summed E-state index contributed by atoms with van der Waals surface area (Å²) in [5.74, 6) is 0.0155. The Morgan fingerprint density at radius 2 is 1.55 bits per heavy atom. The van der Waals surface area contributed by atoms with Crippen molar-refractivity contribution in [2.75, 3.05) is 32.7 Å². The average Bonchev–Trinajstić information content (AvgIpc) is 3.09. The van der Waals surface area contributed by atoms with E-state index in [2.05, 4.69) is 4.90 Å². The van der Waals surface area contributed by atoms with Gasteiger partial charge in [-0.2, -0.15) is 0 Å². The summed E-state index contributed by atoms with van der Waals surface area (Å²) in [5.41, 5.74) is -1.56. The number of rotatable bonds is 4. The van der Waals surface area contributed by atoms with Gasteiger partial charge in [0.05, 0.1) is 24.2 Å². The van der Waals surface area contributed by atoms with Gasteiger partial charge in [0.15, 0.2) is 0 Å². The van der Waals surface area contributed by atoms with Crippen LogP contribution in [0.1, 0.15) is 57.8 Å². The first-order chi connectivity index (χ1) is 10.5. The van der Waals surface area contributed by atoms with E-state index in [1.165, 1.54) is 12.8 Å². The molecule has 3 fully saturated rings. The zero-order valence-electron chi connectivity index (χ0n) is 13.6. The van der Waals surface area contributed by atoms with E-state index in [9.17, 15) is 15.0 Å². The fourth-order valence-corrected chi connectivity index (χ4v) is 4.34. The zero-order chi connectivity index (χ0) is 15.6. The lowest BCUT2D eigenvalue weighted by molar-refractivity contribution is -0.137. The van der Waals surface area contributed by atoms with Crippen molar-refractivity contribution in [1.82, 2.24) is 9.80 Å². The Morgan fingerprint density at radius 3 is 2.23 bits per heavy atom. The molecular formula is C17H30N2O3. The molecule has 1 amide bonds. The van der Waals surface area contributed by atoms with Crippen molar-refractivity contribution in [3.05, 3.63) is 0 Å². The predicted molar refractivity (Wildman–Crippen MR) is 84.5 cm³/mol. The highest BCUT2D eigenvalue weighted by Crippen LogP contribution is 2.32. The lowest BCUT2D eigenvalue weighted by Gasteiger charge is -2.33. The maximum Gasteiger partial charge on any atom is 0.225 e. The molecule has 0 aromatic carbocycles. The lowest BCUT2D eigenvalue weighted by atomic mass is 9.82. The Labute approximate surface area is 133 Å². The number of likely N-dealkylation sites (tertiary alicyclic amines) is 2. The number of carbonyl (C=O) groups is 1. The molecule has 0 radical (unpaired) electrons. The fourth-order valence-electron chi connectivity index (χ4n) is 4.34. The molecule has 2 N–H and O–H groups in total. The van der Waals surface area contributed by atoms with E-state index in [0.29, 0.717) is 26.1 Å². The molecule has 2 saturated heterocycles. The Bertz CT molecular complexity index is 403. The maximum absolute atomic E-state index is 12.5. The molecule has 0 bridgehead atoms. The highest BCUT2D eigenvalue weighted by atomic mass is 16.3. The monoisotopic (exact) mass is 310 g/mol. The maximum atomic E-state index is 12.5. The van der Waals surface area contributed by atoms with Crippen LogP contribution in [-0.4, -0.2) is 69.8 Å². The largest absolute Gasteiger partial charge is 0.389 e. The van der Waals surface area contributed by atoms with Crippen LogP contribution in [0.4, 0.5) is 0 Å². The van der Waals surface area contributed by atoms with Crippen LogP contribution in [-0.2, 0) is 4.79 Å². The Kier molecular flexibility index (Phi) is 4.76. The molecule has 0 spiro atoms. The van der Waals surface area contributed by atoms with Crippen molar-refractivity contribution in [2.24, 2.45) is 0 Å². The molecule has 3 aliphatic rings. The average molecular weight is 310 g/mol. The van der Waals surface area contributed by atoms with Gasteiger partial charge in [-0.05, 0) is 45.2 Å². The summed E-state index contributed by atoms with van der Waals surface area (Å²) in [6, 6.07) is 0. The third-order valence-corrected chi connectivity index (χ3v) is 5.67. The van der Waals surface area contributed by atoms with Gasteiger partial charge in [0.25, 0.3) is 0 Å². The first-order valence-corrected chi connectivity index (χ1v) is 8.93. The van der Waals surface area contributed by atoms with E-state index in [0.717, 1.165) is 45.2 Å². The number of amides is 1. The highest BCUT2D eigenvalue weighted by Gasteiger charge is 2.41. The smallest absolute Gasteiger partial charge is 0.225 e. The van der Waals surface area contributed by atoms with E-state index < -0.39 is 11.2 Å². The molecule has 0 unspecified atom stereocenters. The van der Waals surface area contributed by atoms with Gasteiger partial charge in [0, 0.05) is 13.1 Å². The molecule has 126 valence electrons. The molecule has 5 heteroatoms. The molecule has 0 aromatic heterocycles. The fraction of sp³-hybridized carbons (Fsp3) is 0.941. The Morgan fingerprint density at radius 1 is 0.864 bits per heavy atom. The predicted octanol–water partition coefficient (Wildman–Crippen LogP) is 1.13. The van der Waals surface area contributed by atoms with Crippen molar-refractivity contribution < 1.29 is 15.0 Å². The summed E-state index contributed by atoms with van der Waals surface area (Å²) in [6.45, 7) is 3.87. The van der Waals surface area contributed by atoms with Gasteiger partial charge in [0.1, 0.15) is 0 Å². The van der Waals surface area contributed by atoms with Crippen LogP contribution >= 0.6 is 0 Å². The highest BCUT2D eigenvalue weighted by molar-refractivity contribution is 5.77. The first kappa shape index (κ1) is 16.2. The Balaban J connectivity index is 1.51. The zero-order valence-corrected chi connectivity index (χ0v) is 13.6. The van der Waals surface area contributed by atoms with Crippen LogP contribution < -0.4 is 0 Å². The van der Waals surface area contributed by atoms with Gasteiger partial charge < -0.3 is 20.0 Å². The van der Waals surface area contributed by atoms with Crippen LogP contribution in [0.3, 0.4) is 0 Å². The van der Waals surface area contributed by atoms with Gasteiger partial charge in [-0.1, -0.05) is 19.3 Å². The van der Waals surface area contributed by atoms with Gasteiger partial charge in [-0.15, -0.1) is 0 Å². The van der Waals surface area contributed by atoms with Crippen molar-refractivity contribution in [3.63, 3.8) is 0 Å². The molecule has 0 aromatic rings. The topological polar surface area (TPSA) is 64.0 Å². The first-order valence-electron chi connectivity index (χ1n) is 8.93. The minimum absolute atomic E-state index is 0.0155. The van der Waals surface area contributed by atoms with Gasteiger partial charge in [-0.3, -0.25) is 4.79 Å². The van der Waals surface area contributed by atoms with E-state index >= 15 is 0 Å². The number of hydrogen-bond acceptors (Lipinski definition) is 4. The van der Waals surface area contributed by atoms with E-state index in [4.69, 9.17) is 0 Å². The summed E-state index contributed by atoms with van der Waals surface area (Å²) in [4.78, 5) is 16.6. The number of carbonyl (C=O) groups excluding carboxylic acids is 1. The number of β-amino-alcohol motifs (C(OH)–C–C–N with tert-alkyl or cyclic N) is 1. The minimum atomic E-state index is -0.801. The Hall–Kier alpha value is -0.650.